The van der Waals surface area contributed by atoms with E-state index in [0.29, 0.717) is 0 Å². The molecule has 12 aromatic rings. The summed E-state index contributed by atoms with van der Waals surface area (Å²) in [5.74, 6) is 0. The Kier molecular flexibility index (Phi) is 7.04. The lowest BCUT2D eigenvalue weighted by molar-refractivity contribution is 0.653. The van der Waals surface area contributed by atoms with Crippen LogP contribution in [0, 0.1) is 0 Å². The van der Waals surface area contributed by atoms with E-state index in [1.165, 1.54) is 22.3 Å². The van der Waals surface area contributed by atoms with Crippen LogP contribution < -0.4 is 4.90 Å². The van der Waals surface area contributed by atoms with E-state index in [-0.39, 0.29) is 5.41 Å². The Morgan fingerprint density at radius 3 is 1.31 bits per heavy atom. The zero-order valence-electron chi connectivity index (χ0n) is 33.6. The molecule has 0 unspecified atom stereocenters. The number of hydrogen-bond donors (Lipinski definition) is 0. The van der Waals surface area contributed by atoms with Crippen LogP contribution in [0.4, 0.5) is 17.1 Å². The molecule has 0 bridgehead atoms. The van der Waals surface area contributed by atoms with Gasteiger partial charge in [0.1, 0.15) is 33.5 Å². The second-order valence-electron chi connectivity index (χ2n) is 16.8. The van der Waals surface area contributed by atoms with Gasteiger partial charge in [-0.3, -0.25) is 0 Å². The Bertz CT molecular complexity index is 3570. The zero-order valence-corrected chi connectivity index (χ0v) is 33.6. The lowest BCUT2D eigenvalue weighted by Gasteiger charge is -2.28. The van der Waals surface area contributed by atoms with Crippen LogP contribution in [0.3, 0.4) is 0 Å². The van der Waals surface area contributed by atoms with Crippen molar-refractivity contribution < 1.29 is 13.3 Å². The number of hydrogen-bond acceptors (Lipinski definition) is 4. The van der Waals surface area contributed by atoms with Gasteiger partial charge in [-0.15, -0.1) is 0 Å². The maximum absolute atomic E-state index is 6.62. The average molecular weight is 784 g/mol. The van der Waals surface area contributed by atoms with Crippen molar-refractivity contribution in [2.45, 2.75) is 19.3 Å². The fraction of sp³-hybridized carbons (Fsp3) is 0.0526. The van der Waals surface area contributed by atoms with E-state index in [9.17, 15) is 0 Å². The molecule has 9 aromatic carbocycles. The Balaban J connectivity index is 0.956. The number of para-hydroxylation sites is 5. The third-order valence-electron chi connectivity index (χ3n) is 13.1. The minimum atomic E-state index is -0.246. The van der Waals surface area contributed by atoms with Gasteiger partial charge >= 0.3 is 0 Å². The Hall–Kier alpha value is -7.82. The summed E-state index contributed by atoms with van der Waals surface area (Å²) in [5.41, 5.74) is 17.8. The van der Waals surface area contributed by atoms with E-state index in [1.807, 2.05) is 30.3 Å². The van der Waals surface area contributed by atoms with Crippen LogP contribution in [0.5, 0.6) is 0 Å². The molecule has 0 N–H and O–H groups in total. The molecule has 3 aromatic heterocycles. The van der Waals surface area contributed by atoms with Crippen molar-refractivity contribution in [2.75, 3.05) is 4.90 Å². The summed E-state index contributed by atoms with van der Waals surface area (Å²) in [6.45, 7) is 4.67. The highest BCUT2D eigenvalue weighted by Crippen LogP contribution is 2.54. The third kappa shape index (κ3) is 4.93. The number of rotatable bonds is 5. The van der Waals surface area contributed by atoms with Crippen molar-refractivity contribution in [3.05, 3.63) is 199 Å². The number of anilines is 3. The van der Waals surface area contributed by atoms with Gasteiger partial charge in [-0.05, 0) is 82.4 Å². The second kappa shape index (κ2) is 12.6. The van der Waals surface area contributed by atoms with Crippen LogP contribution in [0.25, 0.3) is 99.2 Å². The first-order valence-electron chi connectivity index (χ1n) is 20.9. The van der Waals surface area contributed by atoms with Gasteiger partial charge in [0.25, 0.3) is 0 Å². The molecule has 0 saturated heterocycles. The van der Waals surface area contributed by atoms with Crippen molar-refractivity contribution in [1.82, 2.24) is 0 Å². The fourth-order valence-corrected chi connectivity index (χ4v) is 10.1. The summed E-state index contributed by atoms with van der Waals surface area (Å²) in [4.78, 5) is 2.37. The molecular weight excluding hydrogens is 747 g/mol. The summed E-state index contributed by atoms with van der Waals surface area (Å²) in [6.07, 6.45) is 0. The highest BCUT2D eigenvalue weighted by molar-refractivity contribution is 6.13. The Morgan fingerprint density at radius 2 is 0.787 bits per heavy atom. The van der Waals surface area contributed by atoms with Crippen LogP contribution in [0.1, 0.15) is 25.0 Å². The molecule has 1 aliphatic carbocycles. The molecule has 0 spiro atoms. The van der Waals surface area contributed by atoms with Gasteiger partial charge in [0.05, 0.1) is 0 Å². The number of furan rings is 3. The normalized spacial score (nSPS) is 13.2. The van der Waals surface area contributed by atoms with Gasteiger partial charge in [-0.1, -0.05) is 147 Å². The van der Waals surface area contributed by atoms with E-state index in [1.54, 1.807) is 0 Å². The van der Waals surface area contributed by atoms with E-state index in [4.69, 9.17) is 13.3 Å². The van der Waals surface area contributed by atoms with Crippen LogP contribution >= 0.6 is 0 Å². The lowest BCUT2D eigenvalue weighted by atomic mass is 9.82. The topological polar surface area (TPSA) is 42.7 Å². The molecule has 0 atom stereocenters. The predicted molar refractivity (Wildman–Crippen MR) is 251 cm³/mol. The zero-order chi connectivity index (χ0) is 40.4. The molecule has 0 fully saturated rings. The molecular formula is C57H37NO3. The van der Waals surface area contributed by atoms with Crippen LogP contribution in [-0.4, -0.2) is 0 Å². The number of nitrogens with zero attached hydrogens (tertiary/aromatic N) is 1. The van der Waals surface area contributed by atoms with Crippen molar-refractivity contribution in [3.8, 4) is 33.4 Å². The average Bonchev–Trinajstić information content (AvgIpc) is 4.05. The maximum Gasteiger partial charge on any atom is 0.143 e. The van der Waals surface area contributed by atoms with E-state index >= 15 is 0 Å². The largest absolute Gasteiger partial charge is 0.455 e. The first kappa shape index (κ1) is 34.1. The molecule has 0 amide bonds. The van der Waals surface area contributed by atoms with Gasteiger partial charge < -0.3 is 18.2 Å². The smallest absolute Gasteiger partial charge is 0.143 e. The minimum Gasteiger partial charge on any atom is -0.455 e. The number of fused-ring (bicyclic) bond motifs is 13. The van der Waals surface area contributed by atoms with Crippen LogP contribution in [0.2, 0.25) is 0 Å². The monoisotopic (exact) mass is 783 g/mol. The molecule has 13 rings (SSSR count). The predicted octanol–water partition coefficient (Wildman–Crippen LogP) is 16.5. The molecule has 0 aliphatic heterocycles. The number of benzene rings is 9. The molecule has 1 aliphatic rings. The first-order chi connectivity index (χ1) is 30.0. The first-order valence-corrected chi connectivity index (χ1v) is 20.9. The Morgan fingerprint density at radius 1 is 0.344 bits per heavy atom. The SMILES string of the molecule is CC1(C)c2cc(N(c3ccc(-c4cccc5c4oc4ccccc45)cc3)c3ccc(-c4cccc5c4oc4ccccc45)cc3)ccc2-c2c1ccc1c2oc2ccccc21. The lowest BCUT2D eigenvalue weighted by Crippen LogP contribution is -2.16. The summed E-state index contributed by atoms with van der Waals surface area (Å²) in [7, 11) is 0. The molecule has 0 saturated carbocycles. The van der Waals surface area contributed by atoms with Crippen molar-refractivity contribution in [3.63, 3.8) is 0 Å². The van der Waals surface area contributed by atoms with Gasteiger partial charge in [0.15, 0.2) is 0 Å². The quantitative estimate of drug-likeness (QED) is 0.174. The van der Waals surface area contributed by atoms with Gasteiger partial charge in [-0.2, -0.15) is 0 Å². The molecule has 288 valence electrons. The molecule has 61 heavy (non-hydrogen) atoms. The summed E-state index contributed by atoms with van der Waals surface area (Å²) >= 11 is 0. The minimum absolute atomic E-state index is 0.246. The Labute approximate surface area is 351 Å². The van der Waals surface area contributed by atoms with E-state index < -0.39 is 0 Å². The fourth-order valence-electron chi connectivity index (χ4n) is 10.1. The van der Waals surface area contributed by atoms with Crippen LogP contribution in [-0.2, 0) is 5.41 Å². The van der Waals surface area contributed by atoms with Gasteiger partial charge in [0, 0.05) is 71.5 Å². The molecule has 4 nitrogen and oxygen atoms in total. The highest BCUT2D eigenvalue weighted by atomic mass is 16.3. The van der Waals surface area contributed by atoms with Crippen LogP contribution in [0.15, 0.2) is 201 Å². The maximum atomic E-state index is 6.62. The van der Waals surface area contributed by atoms with E-state index in [0.717, 1.165) is 105 Å². The van der Waals surface area contributed by atoms with E-state index in [2.05, 4.69) is 176 Å². The van der Waals surface area contributed by atoms with Crippen molar-refractivity contribution in [1.29, 1.82) is 0 Å². The summed E-state index contributed by atoms with van der Waals surface area (Å²) in [5, 5.41) is 6.81. The second-order valence-corrected chi connectivity index (χ2v) is 16.8. The standard InChI is InChI=1S/C57H37NO3/c1-57(2)48-32-31-46-43-13-5-8-20-52(43)61-56(46)53(48)47-30-29-38(33-49(47)57)58(36-25-21-34(22-26-36)39-14-9-16-44-41-11-3-6-18-50(41)59-54(39)44)37-27-23-35(24-28-37)40-15-10-17-45-42-12-4-7-19-51(42)60-55(40)45/h3-33H,1-2H3. The summed E-state index contributed by atoms with van der Waals surface area (Å²) in [6, 6.07) is 67.0. The van der Waals surface area contributed by atoms with Crippen molar-refractivity contribution >= 4 is 82.9 Å². The molecule has 4 heteroatoms. The third-order valence-corrected chi connectivity index (χ3v) is 13.1. The van der Waals surface area contributed by atoms with Crippen molar-refractivity contribution in [2.24, 2.45) is 0 Å². The highest BCUT2D eigenvalue weighted by Gasteiger charge is 2.38. The van der Waals surface area contributed by atoms with Gasteiger partial charge in [0.2, 0.25) is 0 Å². The summed E-state index contributed by atoms with van der Waals surface area (Å²) < 4.78 is 19.5. The molecule has 3 heterocycles. The van der Waals surface area contributed by atoms with Gasteiger partial charge in [-0.25, -0.2) is 0 Å². The molecule has 0 radical (unpaired) electrons.